The van der Waals surface area contributed by atoms with E-state index < -0.39 is 11.8 Å². The number of carbonyl (C=O) groups is 3. The molecule has 0 unspecified atom stereocenters. The second-order valence-corrected chi connectivity index (χ2v) is 11.5. The van der Waals surface area contributed by atoms with E-state index in [-0.39, 0.29) is 33.8 Å². The van der Waals surface area contributed by atoms with Gasteiger partial charge in [0.1, 0.15) is 5.58 Å². The molecule has 0 saturated carbocycles. The number of hydrogen-bond acceptors (Lipinski definition) is 7. The van der Waals surface area contributed by atoms with E-state index in [1.165, 1.54) is 30.7 Å². The third kappa shape index (κ3) is 7.03. The first-order valence-corrected chi connectivity index (χ1v) is 15.1. The highest BCUT2D eigenvalue weighted by Crippen LogP contribution is 2.23. The molecule has 0 aliphatic carbocycles. The van der Waals surface area contributed by atoms with Gasteiger partial charge < -0.3 is 20.0 Å². The van der Waals surface area contributed by atoms with Crippen LogP contribution in [0.3, 0.4) is 0 Å². The minimum absolute atomic E-state index is 0.110. The molecule has 2 heterocycles. The van der Waals surface area contributed by atoms with Crippen LogP contribution in [-0.2, 0) is 20.0 Å². The summed E-state index contributed by atoms with van der Waals surface area (Å²) < 4.78 is 7.52. The average molecular weight is 628 g/mol. The molecular formula is C37H33N5O5. The zero-order valence-corrected chi connectivity index (χ0v) is 26.2. The Kier molecular flexibility index (Phi) is 8.77. The van der Waals surface area contributed by atoms with Crippen molar-refractivity contribution in [1.82, 2.24) is 14.7 Å². The van der Waals surface area contributed by atoms with Crippen LogP contribution in [0.2, 0.25) is 0 Å². The Morgan fingerprint density at radius 3 is 2.43 bits per heavy atom. The second kappa shape index (κ2) is 13.2. The largest absolute Gasteiger partial charge is 0.451 e. The first-order valence-electron chi connectivity index (χ1n) is 15.1. The number of para-hydroxylation sites is 1. The summed E-state index contributed by atoms with van der Waals surface area (Å²) in [6, 6.07) is 26.1. The van der Waals surface area contributed by atoms with Crippen LogP contribution in [0.4, 0.5) is 11.4 Å². The van der Waals surface area contributed by atoms with E-state index in [1.54, 1.807) is 24.3 Å². The number of likely N-dealkylation sites (N-methyl/N-ethyl adjacent to an activating group) is 1. The Morgan fingerprint density at radius 2 is 1.64 bits per heavy atom. The molecule has 0 radical (unpaired) electrons. The van der Waals surface area contributed by atoms with Crippen molar-refractivity contribution in [2.24, 2.45) is 7.05 Å². The van der Waals surface area contributed by atoms with E-state index in [9.17, 15) is 19.2 Å². The number of ketones is 1. The van der Waals surface area contributed by atoms with Crippen molar-refractivity contribution in [3.8, 4) is 0 Å². The van der Waals surface area contributed by atoms with Gasteiger partial charge in [-0.1, -0.05) is 36.4 Å². The highest BCUT2D eigenvalue weighted by atomic mass is 16.3. The SMILES string of the molecule is CC(=O)c1ccc(C(=O)Nc2ccc(CCN(C)Cc3ccc4c(cnn4C)c3)cc2)c(NC(=O)c2cc(=O)c3ccccc3o2)c1. The van der Waals surface area contributed by atoms with Gasteiger partial charge in [0.2, 0.25) is 0 Å². The maximum atomic E-state index is 13.4. The standard InChI is InChI=1S/C37H33N5O5/c1-23(43)26-11-14-29(31(19-26)40-37(46)35-20-33(44)30-6-4-5-7-34(30)47-35)36(45)39-28-12-8-24(9-13-28)16-17-41(2)22-25-10-15-32-27(18-25)21-38-42(32)3/h4-15,18-21H,16-17,22H2,1-3H3,(H,39,45)(H,40,46). The van der Waals surface area contributed by atoms with Gasteiger partial charge in [0, 0.05) is 42.8 Å². The molecule has 0 aliphatic heterocycles. The smallest absolute Gasteiger partial charge is 0.291 e. The number of fused-ring (bicyclic) bond motifs is 2. The molecule has 0 saturated heterocycles. The minimum Gasteiger partial charge on any atom is -0.451 e. The van der Waals surface area contributed by atoms with Crippen LogP contribution >= 0.6 is 0 Å². The van der Waals surface area contributed by atoms with Crippen LogP contribution in [0.25, 0.3) is 21.9 Å². The zero-order valence-electron chi connectivity index (χ0n) is 26.2. The van der Waals surface area contributed by atoms with E-state index in [0.29, 0.717) is 16.6 Å². The van der Waals surface area contributed by atoms with Gasteiger partial charge in [0.05, 0.1) is 28.4 Å². The molecule has 2 aromatic heterocycles. The molecule has 47 heavy (non-hydrogen) atoms. The average Bonchev–Trinajstić information content (AvgIpc) is 3.43. The van der Waals surface area contributed by atoms with E-state index >= 15 is 0 Å². The molecule has 6 aromatic rings. The van der Waals surface area contributed by atoms with Crippen molar-refractivity contribution in [2.45, 2.75) is 19.9 Å². The van der Waals surface area contributed by atoms with Gasteiger partial charge in [-0.05, 0) is 80.1 Å². The van der Waals surface area contributed by atoms with Gasteiger partial charge in [-0.2, -0.15) is 5.10 Å². The molecule has 0 aliphatic rings. The number of aryl methyl sites for hydroxylation is 1. The third-order valence-electron chi connectivity index (χ3n) is 8.03. The summed E-state index contributed by atoms with van der Waals surface area (Å²) in [5.74, 6) is -1.66. The first-order chi connectivity index (χ1) is 22.6. The summed E-state index contributed by atoms with van der Waals surface area (Å²) in [5, 5.41) is 11.3. The third-order valence-corrected chi connectivity index (χ3v) is 8.03. The Labute approximate surface area is 270 Å². The molecule has 0 fully saturated rings. The van der Waals surface area contributed by atoms with Crippen LogP contribution in [0.15, 0.2) is 106 Å². The normalized spacial score (nSPS) is 11.2. The Bertz CT molecular complexity index is 2200. The monoisotopic (exact) mass is 627 g/mol. The topological polar surface area (TPSA) is 127 Å². The molecule has 0 spiro atoms. The number of Topliss-reactive ketones (excluding diaryl/α,β-unsaturated/α-hetero) is 1. The summed E-state index contributed by atoms with van der Waals surface area (Å²) in [5.41, 5.74) is 4.47. The zero-order chi connectivity index (χ0) is 33.1. The summed E-state index contributed by atoms with van der Waals surface area (Å²) in [7, 11) is 4.02. The molecule has 4 aromatic carbocycles. The number of aromatic nitrogens is 2. The molecule has 2 N–H and O–H groups in total. The lowest BCUT2D eigenvalue weighted by Crippen LogP contribution is -2.21. The summed E-state index contributed by atoms with van der Waals surface area (Å²) in [6.07, 6.45) is 2.71. The van der Waals surface area contributed by atoms with Crippen LogP contribution in [0, 0.1) is 0 Å². The first kappa shape index (κ1) is 31.1. The van der Waals surface area contributed by atoms with Gasteiger partial charge in [-0.25, -0.2) is 0 Å². The molecule has 0 atom stereocenters. The molecule has 2 amide bonds. The number of nitrogens with one attached hydrogen (secondary N) is 2. The summed E-state index contributed by atoms with van der Waals surface area (Å²) in [4.78, 5) is 53.4. The van der Waals surface area contributed by atoms with Crippen molar-refractivity contribution in [2.75, 3.05) is 24.2 Å². The number of rotatable bonds is 10. The predicted octanol–water partition coefficient (Wildman–Crippen LogP) is 6.06. The molecular weight excluding hydrogens is 594 g/mol. The Hall–Kier alpha value is -5.87. The lowest BCUT2D eigenvalue weighted by atomic mass is 10.0. The Morgan fingerprint density at radius 1 is 0.872 bits per heavy atom. The number of anilines is 2. The number of nitrogens with zero attached hydrogens (tertiary/aromatic N) is 3. The molecule has 236 valence electrons. The second-order valence-electron chi connectivity index (χ2n) is 11.5. The number of carbonyl (C=O) groups excluding carboxylic acids is 3. The highest BCUT2D eigenvalue weighted by molar-refractivity contribution is 6.13. The van der Waals surface area contributed by atoms with Crippen LogP contribution < -0.4 is 16.1 Å². The van der Waals surface area contributed by atoms with Crippen molar-refractivity contribution in [1.29, 1.82) is 0 Å². The van der Waals surface area contributed by atoms with Crippen LogP contribution in [0.1, 0.15) is 49.3 Å². The van der Waals surface area contributed by atoms with Crippen molar-refractivity contribution in [3.63, 3.8) is 0 Å². The maximum absolute atomic E-state index is 13.4. The number of benzene rings is 4. The number of hydrogen-bond donors (Lipinski definition) is 2. The molecule has 0 bridgehead atoms. The fourth-order valence-electron chi connectivity index (χ4n) is 5.44. The molecule has 10 nitrogen and oxygen atoms in total. The molecule has 10 heteroatoms. The number of amides is 2. The van der Waals surface area contributed by atoms with Crippen LogP contribution in [0.5, 0.6) is 0 Å². The summed E-state index contributed by atoms with van der Waals surface area (Å²) in [6.45, 7) is 3.05. The quantitative estimate of drug-likeness (QED) is 0.177. The maximum Gasteiger partial charge on any atom is 0.291 e. The van der Waals surface area contributed by atoms with E-state index in [1.807, 2.05) is 42.2 Å². The van der Waals surface area contributed by atoms with Gasteiger partial charge in [0.15, 0.2) is 17.0 Å². The Balaban J connectivity index is 1.11. The van der Waals surface area contributed by atoms with Crippen LogP contribution in [-0.4, -0.2) is 45.9 Å². The van der Waals surface area contributed by atoms with Crippen molar-refractivity contribution in [3.05, 3.63) is 135 Å². The molecule has 6 rings (SSSR count). The lowest BCUT2D eigenvalue weighted by molar-refractivity contribution is 0.0991. The van der Waals surface area contributed by atoms with Crippen molar-refractivity contribution < 1.29 is 18.8 Å². The minimum atomic E-state index is -0.727. The van der Waals surface area contributed by atoms with Gasteiger partial charge >= 0.3 is 0 Å². The van der Waals surface area contributed by atoms with E-state index in [0.717, 1.165) is 42.0 Å². The lowest BCUT2D eigenvalue weighted by Gasteiger charge is -2.17. The van der Waals surface area contributed by atoms with E-state index in [2.05, 4.69) is 45.9 Å². The summed E-state index contributed by atoms with van der Waals surface area (Å²) >= 11 is 0. The van der Waals surface area contributed by atoms with Gasteiger partial charge in [0.25, 0.3) is 11.8 Å². The fourth-order valence-corrected chi connectivity index (χ4v) is 5.44. The van der Waals surface area contributed by atoms with Crippen molar-refractivity contribution >= 4 is 50.8 Å². The fraction of sp³-hybridized carbons (Fsp3) is 0.162. The van der Waals surface area contributed by atoms with E-state index in [4.69, 9.17) is 4.42 Å². The van der Waals surface area contributed by atoms with Gasteiger partial charge in [-0.15, -0.1) is 0 Å². The predicted molar refractivity (Wildman–Crippen MR) is 182 cm³/mol. The van der Waals surface area contributed by atoms with Gasteiger partial charge in [-0.3, -0.25) is 23.9 Å². The highest BCUT2D eigenvalue weighted by Gasteiger charge is 2.19.